The summed E-state index contributed by atoms with van der Waals surface area (Å²) < 4.78 is 7.53. The minimum atomic E-state index is -0.280. The highest BCUT2D eigenvalue weighted by atomic mass is 16.5. The number of likely N-dealkylation sites (tertiary alicyclic amines) is 1. The lowest BCUT2D eigenvalue weighted by atomic mass is 9.77. The van der Waals surface area contributed by atoms with Crippen LogP contribution in [0.25, 0.3) is 0 Å². The molecule has 3 fully saturated rings. The summed E-state index contributed by atoms with van der Waals surface area (Å²) in [6.45, 7) is 7.28. The normalized spacial score (nSPS) is 26.8. The highest BCUT2D eigenvalue weighted by molar-refractivity contribution is 5.76. The van der Waals surface area contributed by atoms with Gasteiger partial charge >= 0.3 is 0 Å². The molecule has 3 heterocycles. The Hall–Kier alpha value is -2.50. The van der Waals surface area contributed by atoms with Crippen LogP contribution in [-0.2, 0) is 32.1 Å². The smallest absolute Gasteiger partial charge is 0.290 e. The third kappa shape index (κ3) is 7.51. The van der Waals surface area contributed by atoms with Crippen molar-refractivity contribution in [1.82, 2.24) is 19.4 Å². The van der Waals surface area contributed by atoms with Gasteiger partial charge in [-0.2, -0.15) is 0 Å². The van der Waals surface area contributed by atoms with Crippen molar-refractivity contribution in [2.75, 3.05) is 39.4 Å². The molecule has 2 saturated heterocycles. The van der Waals surface area contributed by atoms with Gasteiger partial charge in [0.1, 0.15) is 5.82 Å². The van der Waals surface area contributed by atoms with Crippen LogP contribution in [0, 0.1) is 11.8 Å². The van der Waals surface area contributed by atoms with Gasteiger partial charge in [-0.1, -0.05) is 6.92 Å². The van der Waals surface area contributed by atoms with Crippen molar-refractivity contribution in [3.63, 3.8) is 0 Å². The van der Waals surface area contributed by atoms with E-state index in [9.17, 15) is 9.90 Å². The fraction of sp³-hybridized carbons (Fsp3) is 0.727. The standard InChI is InChI=1S/C20H32N4O3.2CH2O2/c1-2-19-21-4-6-23(19)5-3-20(26)24-13-15-11-17(18(25)12-16(15)14-24)22-7-9-27-10-8-22;2*2-1-3/h4,6,15-18,25H,2-3,5,7-14H2,1H3;2*1H,(H,2,3)/t15-,16+,17-,18-;;/m1../s1. The van der Waals surface area contributed by atoms with Crippen LogP contribution in [0.2, 0.25) is 0 Å². The number of hydrogen-bond acceptors (Lipinski definition) is 7. The van der Waals surface area contributed by atoms with Gasteiger partial charge in [-0.3, -0.25) is 19.3 Å². The Morgan fingerprint density at radius 1 is 1.15 bits per heavy atom. The number of aromatic nitrogens is 2. The lowest BCUT2D eigenvalue weighted by molar-refractivity contribution is -0.130. The number of carboxylic acid groups (broad SMARTS) is 2. The zero-order chi connectivity index (χ0) is 24.2. The Balaban J connectivity index is 0.000000582. The Morgan fingerprint density at radius 2 is 1.76 bits per heavy atom. The van der Waals surface area contributed by atoms with Crippen LogP contribution in [0.5, 0.6) is 0 Å². The second kappa shape index (κ2) is 13.9. The van der Waals surface area contributed by atoms with E-state index >= 15 is 0 Å². The monoisotopic (exact) mass is 468 g/mol. The molecule has 4 rings (SSSR count). The Labute approximate surface area is 193 Å². The summed E-state index contributed by atoms with van der Waals surface area (Å²) in [6.07, 6.45) is 6.71. The molecule has 186 valence electrons. The van der Waals surface area contributed by atoms with Crippen molar-refractivity contribution in [3.05, 3.63) is 18.2 Å². The molecule has 0 bridgehead atoms. The van der Waals surface area contributed by atoms with Crippen molar-refractivity contribution in [2.45, 2.75) is 51.3 Å². The van der Waals surface area contributed by atoms with E-state index in [1.807, 2.05) is 11.1 Å². The molecule has 1 saturated carbocycles. The number of carbonyl (C=O) groups excluding carboxylic acids is 1. The molecule has 11 heteroatoms. The average molecular weight is 469 g/mol. The number of hydrogen-bond donors (Lipinski definition) is 3. The third-order valence-corrected chi connectivity index (χ3v) is 6.66. The van der Waals surface area contributed by atoms with Crippen molar-refractivity contribution in [3.8, 4) is 0 Å². The SMILES string of the molecule is CCc1nccn1CCC(=O)N1C[C@H]2C[C@@H](N3CCOCC3)[C@H](O)C[C@H]2C1.O=CO.O=CO. The maximum absolute atomic E-state index is 12.8. The second-order valence-electron chi connectivity index (χ2n) is 8.42. The van der Waals surface area contributed by atoms with Gasteiger partial charge in [0.25, 0.3) is 12.9 Å². The van der Waals surface area contributed by atoms with E-state index in [4.69, 9.17) is 24.5 Å². The number of fused-ring (bicyclic) bond motifs is 1. The molecule has 1 aromatic rings. The zero-order valence-electron chi connectivity index (χ0n) is 19.2. The van der Waals surface area contributed by atoms with Gasteiger partial charge in [-0.15, -0.1) is 0 Å². The van der Waals surface area contributed by atoms with Gasteiger partial charge < -0.3 is 29.5 Å². The van der Waals surface area contributed by atoms with Crippen LogP contribution in [0.3, 0.4) is 0 Å². The third-order valence-electron chi connectivity index (χ3n) is 6.66. The molecule has 33 heavy (non-hydrogen) atoms. The molecule has 0 aromatic carbocycles. The highest BCUT2D eigenvalue weighted by Crippen LogP contribution is 2.38. The average Bonchev–Trinajstić information content (AvgIpc) is 3.44. The largest absolute Gasteiger partial charge is 0.483 e. The van der Waals surface area contributed by atoms with Crippen molar-refractivity contribution < 1.29 is 34.4 Å². The van der Waals surface area contributed by atoms with Crippen molar-refractivity contribution in [1.29, 1.82) is 0 Å². The maximum Gasteiger partial charge on any atom is 0.290 e. The molecule has 1 aromatic heterocycles. The predicted molar refractivity (Wildman–Crippen MR) is 119 cm³/mol. The quantitative estimate of drug-likeness (QED) is 0.515. The van der Waals surface area contributed by atoms with E-state index in [-0.39, 0.29) is 31.0 Å². The summed E-state index contributed by atoms with van der Waals surface area (Å²) in [5.41, 5.74) is 0. The number of morpholine rings is 1. The first-order valence-electron chi connectivity index (χ1n) is 11.4. The van der Waals surface area contributed by atoms with Crippen LogP contribution < -0.4 is 0 Å². The first kappa shape index (κ1) is 26.7. The molecule has 3 N–H and O–H groups in total. The summed E-state index contributed by atoms with van der Waals surface area (Å²) in [4.78, 5) is 38.2. The molecular formula is C22H36N4O7. The highest BCUT2D eigenvalue weighted by Gasteiger charge is 2.44. The molecule has 2 aliphatic heterocycles. The van der Waals surface area contributed by atoms with Gasteiger partial charge in [0.2, 0.25) is 5.91 Å². The van der Waals surface area contributed by atoms with Crippen LogP contribution in [-0.4, -0.2) is 105 Å². The minimum absolute atomic E-state index is 0.225. The molecule has 11 nitrogen and oxygen atoms in total. The van der Waals surface area contributed by atoms with E-state index in [0.717, 1.165) is 64.5 Å². The fourth-order valence-corrected chi connectivity index (χ4v) is 5.14. The second-order valence-corrected chi connectivity index (χ2v) is 8.42. The number of rotatable bonds is 5. The van der Waals surface area contributed by atoms with E-state index in [0.29, 0.717) is 24.8 Å². The first-order valence-corrected chi connectivity index (χ1v) is 11.4. The molecule has 3 aliphatic rings. The molecule has 4 atom stereocenters. The molecule has 1 aliphatic carbocycles. The van der Waals surface area contributed by atoms with Crippen LogP contribution in [0.4, 0.5) is 0 Å². The summed E-state index contributed by atoms with van der Waals surface area (Å²) in [7, 11) is 0. The molecule has 0 unspecified atom stereocenters. The van der Waals surface area contributed by atoms with E-state index in [1.165, 1.54) is 0 Å². The molecule has 0 radical (unpaired) electrons. The number of carbonyl (C=O) groups is 3. The number of amides is 1. The molecule has 0 spiro atoms. The fourth-order valence-electron chi connectivity index (χ4n) is 5.14. The minimum Gasteiger partial charge on any atom is -0.483 e. The maximum atomic E-state index is 12.8. The van der Waals surface area contributed by atoms with E-state index < -0.39 is 0 Å². The molecular weight excluding hydrogens is 432 g/mol. The Bertz CT molecular complexity index is 732. The van der Waals surface area contributed by atoms with E-state index in [2.05, 4.69) is 21.4 Å². The van der Waals surface area contributed by atoms with Crippen LogP contribution in [0.1, 0.15) is 32.0 Å². The van der Waals surface area contributed by atoms with Crippen molar-refractivity contribution in [2.24, 2.45) is 11.8 Å². The Morgan fingerprint density at radius 3 is 2.36 bits per heavy atom. The van der Waals surface area contributed by atoms with E-state index in [1.54, 1.807) is 6.20 Å². The number of aliphatic hydroxyl groups is 1. The summed E-state index contributed by atoms with van der Waals surface area (Å²) >= 11 is 0. The summed E-state index contributed by atoms with van der Waals surface area (Å²) in [5.74, 6) is 2.23. The number of ether oxygens (including phenoxy) is 1. The summed E-state index contributed by atoms with van der Waals surface area (Å²) in [5, 5.41) is 24.5. The predicted octanol–water partition coefficient (Wildman–Crippen LogP) is 0.167. The van der Waals surface area contributed by atoms with Gasteiger partial charge in [0.05, 0.1) is 19.3 Å². The van der Waals surface area contributed by atoms with Crippen molar-refractivity contribution >= 4 is 18.9 Å². The van der Waals surface area contributed by atoms with Gasteiger partial charge in [-0.05, 0) is 24.7 Å². The number of nitrogens with zero attached hydrogens (tertiary/aromatic N) is 4. The first-order chi connectivity index (χ1) is 16.0. The zero-order valence-corrected chi connectivity index (χ0v) is 19.2. The van der Waals surface area contributed by atoms with Gasteiger partial charge in [-0.25, -0.2) is 4.98 Å². The van der Waals surface area contributed by atoms with Crippen LogP contribution >= 0.6 is 0 Å². The van der Waals surface area contributed by atoms with Crippen LogP contribution in [0.15, 0.2) is 12.4 Å². The number of aryl methyl sites for hydroxylation is 2. The van der Waals surface area contributed by atoms with Gasteiger partial charge in [0.15, 0.2) is 0 Å². The lowest BCUT2D eigenvalue weighted by Gasteiger charge is -2.43. The number of imidazole rings is 1. The van der Waals surface area contributed by atoms with Gasteiger partial charge in [0, 0.05) is 64.0 Å². The lowest BCUT2D eigenvalue weighted by Crippen LogP contribution is -2.53. The topological polar surface area (TPSA) is 145 Å². The molecule has 1 amide bonds. The Kier molecular flexibility index (Phi) is 11.3. The summed E-state index contributed by atoms with van der Waals surface area (Å²) in [6, 6.07) is 0.225. The number of aliphatic hydroxyl groups excluding tert-OH is 1.